The van der Waals surface area contributed by atoms with E-state index in [1.807, 2.05) is 0 Å². The SMILES string of the molecule is O=[N+]([O-])c1ccc(O)c(C(O)C(F)F)c1. The number of phenols is 1. The van der Waals surface area contributed by atoms with Crippen molar-refractivity contribution in [2.75, 3.05) is 0 Å². The summed E-state index contributed by atoms with van der Waals surface area (Å²) in [5.74, 6) is -0.603. The Hall–Kier alpha value is -1.76. The first-order valence-electron chi connectivity index (χ1n) is 3.87. The van der Waals surface area contributed by atoms with E-state index in [9.17, 15) is 18.9 Å². The van der Waals surface area contributed by atoms with Crippen LogP contribution in [0.15, 0.2) is 18.2 Å². The van der Waals surface area contributed by atoms with E-state index in [2.05, 4.69) is 0 Å². The fourth-order valence-electron chi connectivity index (χ4n) is 1.03. The van der Waals surface area contributed by atoms with Crippen molar-refractivity contribution in [3.63, 3.8) is 0 Å². The first-order valence-corrected chi connectivity index (χ1v) is 3.87. The molecule has 0 bridgehead atoms. The number of hydrogen-bond donors (Lipinski definition) is 2. The number of nitro groups is 1. The van der Waals surface area contributed by atoms with Crippen LogP contribution < -0.4 is 0 Å². The molecule has 0 spiro atoms. The van der Waals surface area contributed by atoms with Crippen LogP contribution in [0.5, 0.6) is 5.75 Å². The molecule has 0 amide bonds. The lowest BCUT2D eigenvalue weighted by atomic mass is 10.1. The van der Waals surface area contributed by atoms with Gasteiger partial charge in [-0.2, -0.15) is 0 Å². The van der Waals surface area contributed by atoms with Crippen LogP contribution in [0, 0.1) is 10.1 Å². The molecule has 0 aliphatic carbocycles. The molecule has 0 saturated carbocycles. The minimum Gasteiger partial charge on any atom is -0.508 e. The van der Waals surface area contributed by atoms with Gasteiger partial charge in [0.05, 0.1) is 4.92 Å². The monoisotopic (exact) mass is 219 g/mol. The third kappa shape index (κ3) is 2.38. The van der Waals surface area contributed by atoms with Crippen LogP contribution in [-0.2, 0) is 0 Å². The van der Waals surface area contributed by atoms with Gasteiger partial charge in [0.25, 0.3) is 12.1 Å². The molecule has 0 aliphatic rings. The van der Waals surface area contributed by atoms with E-state index in [0.29, 0.717) is 6.07 Å². The third-order valence-electron chi connectivity index (χ3n) is 1.78. The average Bonchev–Trinajstić information content (AvgIpc) is 2.16. The van der Waals surface area contributed by atoms with Crippen LogP contribution in [0.1, 0.15) is 11.7 Å². The molecule has 0 aromatic heterocycles. The highest BCUT2D eigenvalue weighted by Gasteiger charge is 2.24. The van der Waals surface area contributed by atoms with Gasteiger partial charge in [-0.15, -0.1) is 0 Å². The summed E-state index contributed by atoms with van der Waals surface area (Å²) in [6.45, 7) is 0. The van der Waals surface area contributed by atoms with Gasteiger partial charge in [-0.25, -0.2) is 8.78 Å². The molecular formula is C8H7F2NO4. The molecule has 5 nitrogen and oxygen atoms in total. The summed E-state index contributed by atoms with van der Waals surface area (Å²) in [5, 5.41) is 28.4. The molecule has 1 unspecified atom stereocenters. The Morgan fingerprint density at radius 1 is 1.40 bits per heavy atom. The molecule has 0 saturated heterocycles. The quantitative estimate of drug-likeness (QED) is 0.597. The van der Waals surface area contributed by atoms with Crippen molar-refractivity contribution in [1.82, 2.24) is 0 Å². The molecule has 0 fully saturated rings. The van der Waals surface area contributed by atoms with Crippen LogP contribution in [0.25, 0.3) is 0 Å². The second kappa shape index (κ2) is 4.18. The number of hydrogen-bond acceptors (Lipinski definition) is 4. The van der Waals surface area contributed by atoms with E-state index in [1.165, 1.54) is 0 Å². The van der Waals surface area contributed by atoms with Crippen molar-refractivity contribution in [2.24, 2.45) is 0 Å². The number of alkyl halides is 2. The Labute approximate surface area is 82.7 Å². The number of halogens is 2. The lowest BCUT2D eigenvalue weighted by Gasteiger charge is -2.10. The van der Waals surface area contributed by atoms with E-state index < -0.39 is 34.5 Å². The second-order valence-electron chi connectivity index (χ2n) is 2.78. The van der Waals surface area contributed by atoms with Crippen LogP contribution in [-0.4, -0.2) is 21.6 Å². The van der Waals surface area contributed by atoms with Crippen molar-refractivity contribution < 1.29 is 23.9 Å². The molecule has 1 aromatic carbocycles. The van der Waals surface area contributed by atoms with E-state index >= 15 is 0 Å². The molecule has 15 heavy (non-hydrogen) atoms. The van der Waals surface area contributed by atoms with Gasteiger partial charge in [-0.1, -0.05) is 0 Å². The molecule has 1 aromatic rings. The minimum absolute atomic E-state index is 0.470. The summed E-state index contributed by atoms with van der Waals surface area (Å²) in [5.41, 5.74) is -1.03. The van der Waals surface area contributed by atoms with Crippen molar-refractivity contribution in [2.45, 2.75) is 12.5 Å². The van der Waals surface area contributed by atoms with Crippen LogP contribution >= 0.6 is 0 Å². The van der Waals surface area contributed by atoms with Gasteiger partial charge in [-0.05, 0) is 6.07 Å². The van der Waals surface area contributed by atoms with Gasteiger partial charge >= 0.3 is 0 Å². The lowest BCUT2D eigenvalue weighted by molar-refractivity contribution is -0.385. The zero-order valence-electron chi connectivity index (χ0n) is 7.30. The normalized spacial score (nSPS) is 12.8. The van der Waals surface area contributed by atoms with Crippen molar-refractivity contribution in [3.8, 4) is 5.75 Å². The van der Waals surface area contributed by atoms with Crippen LogP contribution in [0.3, 0.4) is 0 Å². The molecule has 2 N–H and O–H groups in total. The van der Waals surface area contributed by atoms with Gasteiger partial charge < -0.3 is 10.2 Å². The Bertz CT molecular complexity index is 383. The highest BCUT2D eigenvalue weighted by atomic mass is 19.3. The topological polar surface area (TPSA) is 83.6 Å². The lowest BCUT2D eigenvalue weighted by Crippen LogP contribution is -2.08. The molecule has 0 aliphatic heterocycles. The molecule has 1 atom stereocenters. The summed E-state index contributed by atoms with van der Waals surface area (Å²) in [7, 11) is 0. The predicted molar refractivity (Wildman–Crippen MR) is 45.7 cm³/mol. The Morgan fingerprint density at radius 2 is 2.00 bits per heavy atom. The largest absolute Gasteiger partial charge is 0.508 e. The second-order valence-corrected chi connectivity index (χ2v) is 2.78. The predicted octanol–water partition coefficient (Wildman–Crippen LogP) is 1.60. The van der Waals surface area contributed by atoms with Crippen LogP contribution in [0.2, 0.25) is 0 Å². The van der Waals surface area contributed by atoms with Crippen LogP contribution in [0.4, 0.5) is 14.5 Å². The maximum atomic E-state index is 12.1. The fourth-order valence-corrected chi connectivity index (χ4v) is 1.03. The number of rotatable bonds is 3. The summed E-state index contributed by atoms with van der Waals surface area (Å²) in [4.78, 5) is 9.51. The number of phenolic OH excluding ortho intramolecular Hbond substituents is 1. The first kappa shape index (κ1) is 11.3. The molecule has 1 rings (SSSR count). The maximum absolute atomic E-state index is 12.1. The minimum atomic E-state index is -3.11. The zero-order valence-corrected chi connectivity index (χ0v) is 7.30. The van der Waals surface area contributed by atoms with Gasteiger partial charge in [-0.3, -0.25) is 10.1 Å². The summed E-state index contributed by atoms with van der Waals surface area (Å²) in [6, 6.07) is 2.56. The van der Waals surface area contributed by atoms with Gasteiger partial charge in [0.1, 0.15) is 11.9 Å². The van der Waals surface area contributed by atoms with Gasteiger partial charge in [0, 0.05) is 17.7 Å². The Kier molecular flexibility index (Phi) is 3.15. The molecule has 0 radical (unpaired) electrons. The first-order chi connectivity index (χ1) is 6.93. The fraction of sp³-hybridized carbons (Fsp3) is 0.250. The molecule has 82 valence electrons. The number of aliphatic hydroxyl groups excluding tert-OH is 1. The average molecular weight is 219 g/mol. The maximum Gasteiger partial charge on any atom is 0.270 e. The van der Waals surface area contributed by atoms with Gasteiger partial charge in [0.15, 0.2) is 0 Å². The van der Waals surface area contributed by atoms with E-state index in [-0.39, 0.29) is 0 Å². The Morgan fingerprint density at radius 3 is 2.47 bits per heavy atom. The van der Waals surface area contributed by atoms with Crippen molar-refractivity contribution in [1.29, 1.82) is 0 Å². The summed E-state index contributed by atoms with van der Waals surface area (Å²) in [6.07, 6.45) is -5.34. The highest BCUT2D eigenvalue weighted by molar-refractivity contribution is 5.44. The van der Waals surface area contributed by atoms with Crippen molar-refractivity contribution >= 4 is 5.69 Å². The number of benzene rings is 1. The number of non-ortho nitro benzene ring substituents is 1. The molecule has 7 heteroatoms. The Balaban J connectivity index is 3.16. The number of nitro benzene ring substituents is 1. The highest BCUT2D eigenvalue weighted by Crippen LogP contribution is 2.31. The number of aliphatic hydroxyl groups is 1. The smallest absolute Gasteiger partial charge is 0.270 e. The number of nitrogens with zero attached hydrogens (tertiary/aromatic N) is 1. The van der Waals surface area contributed by atoms with E-state index in [0.717, 1.165) is 12.1 Å². The molecular weight excluding hydrogens is 212 g/mol. The zero-order chi connectivity index (χ0) is 11.6. The molecule has 0 heterocycles. The summed E-state index contributed by atoms with van der Waals surface area (Å²) < 4.78 is 24.2. The van der Waals surface area contributed by atoms with E-state index in [4.69, 9.17) is 10.2 Å². The third-order valence-corrected chi connectivity index (χ3v) is 1.78. The standard InChI is InChI=1S/C8H7F2NO4/c9-8(10)7(13)5-3-4(11(14)15)1-2-6(5)12/h1-3,7-8,12-13H. The van der Waals surface area contributed by atoms with Gasteiger partial charge in [0.2, 0.25) is 0 Å². The summed E-state index contributed by atoms with van der Waals surface area (Å²) >= 11 is 0. The number of aromatic hydroxyl groups is 1. The van der Waals surface area contributed by atoms with E-state index in [1.54, 1.807) is 0 Å². The van der Waals surface area contributed by atoms with Crippen molar-refractivity contribution in [3.05, 3.63) is 33.9 Å².